The van der Waals surface area contributed by atoms with Crippen molar-refractivity contribution in [3.05, 3.63) is 80.5 Å². The van der Waals surface area contributed by atoms with Crippen molar-refractivity contribution in [2.45, 2.75) is 26.4 Å². The number of fused-ring (bicyclic) bond motifs is 1. The van der Waals surface area contributed by atoms with Gasteiger partial charge in [0.1, 0.15) is 11.6 Å². The molecule has 0 saturated heterocycles. The third kappa shape index (κ3) is 3.79. The number of imidazole rings is 1. The van der Waals surface area contributed by atoms with Gasteiger partial charge in [0.15, 0.2) is 11.2 Å². The number of hydrogen-bond acceptors (Lipinski definition) is 5. The maximum atomic E-state index is 13.3. The van der Waals surface area contributed by atoms with Crippen molar-refractivity contribution >= 4 is 11.2 Å². The molecule has 4 rings (SSSR count). The highest BCUT2D eigenvalue weighted by Crippen LogP contribution is 2.24. The molecule has 0 bridgehead atoms. The van der Waals surface area contributed by atoms with Crippen LogP contribution in [-0.4, -0.2) is 35.4 Å². The van der Waals surface area contributed by atoms with E-state index in [2.05, 4.69) is 9.97 Å². The number of aliphatic hydroxyl groups excluding tert-OH is 1. The minimum Gasteiger partial charge on any atom is -0.396 e. The molecular formula is C22H22FN5O3. The maximum absolute atomic E-state index is 13.3. The lowest BCUT2D eigenvalue weighted by Crippen LogP contribution is -2.40. The van der Waals surface area contributed by atoms with E-state index in [0.29, 0.717) is 11.5 Å². The van der Waals surface area contributed by atoms with Crippen molar-refractivity contribution in [1.29, 1.82) is 0 Å². The van der Waals surface area contributed by atoms with Crippen LogP contribution in [0, 0.1) is 12.7 Å². The molecule has 0 aliphatic carbocycles. The molecule has 3 aromatic heterocycles. The third-order valence-electron chi connectivity index (χ3n) is 5.16. The van der Waals surface area contributed by atoms with E-state index in [4.69, 9.17) is 5.11 Å². The molecule has 0 aliphatic rings. The predicted octanol–water partition coefficient (Wildman–Crippen LogP) is 1.84. The molecule has 9 heteroatoms. The Bertz CT molecular complexity index is 1370. The van der Waals surface area contributed by atoms with E-state index in [9.17, 15) is 14.0 Å². The van der Waals surface area contributed by atoms with E-state index in [1.807, 2.05) is 31.2 Å². The summed E-state index contributed by atoms with van der Waals surface area (Å²) in [4.78, 5) is 34.8. The molecule has 0 spiro atoms. The second-order valence-corrected chi connectivity index (χ2v) is 7.41. The summed E-state index contributed by atoms with van der Waals surface area (Å²) in [6.45, 7) is 2.09. The Hall–Kier alpha value is -3.59. The van der Waals surface area contributed by atoms with Crippen LogP contribution < -0.4 is 11.2 Å². The number of benzene rings is 1. The van der Waals surface area contributed by atoms with Gasteiger partial charge in [0.25, 0.3) is 5.56 Å². The van der Waals surface area contributed by atoms with Crippen LogP contribution in [0.3, 0.4) is 0 Å². The molecule has 0 radical (unpaired) electrons. The maximum Gasteiger partial charge on any atom is 0.332 e. The Balaban J connectivity index is 2.03. The number of aromatic nitrogens is 5. The van der Waals surface area contributed by atoms with Gasteiger partial charge in [0, 0.05) is 25.8 Å². The molecule has 4 aromatic rings. The van der Waals surface area contributed by atoms with Crippen LogP contribution in [-0.2, 0) is 20.1 Å². The number of hydrogen-bond donors (Lipinski definition) is 1. The molecule has 8 nitrogen and oxygen atoms in total. The Morgan fingerprint density at radius 3 is 2.61 bits per heavy atom. The third-order valence-corrected chi connectivity index (χ3v) is 5.16. The summed E-state index contributed by atoms with van der Waals surface area (Å²) >= 11 is 0. The van der Waals surface area contributed by atoms with Gasteiger partial charge >= 0.3 is 5.69 Å². The lowest BCUT2D eigenvalue weighted by molar-refractivity contribution is 0.277. The first-order chi connectivity index (χ1) is 14.9. The highest BCUT2D eigenvalue weighted by molar-refractivity contribution is 5.77. The van der Waals surface area contributed by atoms with E-state index in [0.717, 1.165) is 21.9 Å². The Morgan fingerprint density at radius 2 is 1.94 bits per heavy atom. The van der Waals surface area contributed by atoms with Crippen molar-refractivity contribution in [3.63, 3.8) is 0 Å². The van der Waals surface area contributed by atoms with E-state index < -0.39 is 17.1 Å². The van der Waals surface area contributed by atoms with Crippen LogP contribution in [0.15, 0.2) is 52.2 Å². The van der Waals surface area contributed by atoms with Gasteiger partial charge in [0.2, 0.25) is 0 Å². The minimum absolute atomic E-state index is 0.0949. The van der Waals surface area contributed by atoms with E-state index in [-0.39, 0.29) is 37.3 Å². The molecular weight excluding hydrogens is 401 g/mol. The summed E-state index contributed by atoms with van der Waals surface area (Å²) in [5.41, 5.74) is 1.88. The first-order valence-corrected chi connectivity index (χ1v) is 9.89. The van der Waals surface area contributed by atoms with Gasteiger partial charge in [-0.1, -0.05) is 23.8 Å². The van der Waals surface area contributed by atoms with Gasteiger partial charge < -0.3 is 9.67 Å². The van der Waals surface area contributed by atoms with Crippen molar-refractivity contribution < 1.29 is 9.50 Å². The van der Waals surface area contributed by atoms with Crippen LogP contribution in [0.2, 0.25) is 0 Å². The van der Waals surface area contributed by atoms with Gasteiger partial charge in [0.05, 0.1) is 18.4 Å². The Morgan fingerprint density at radius 1 is 1.13 bits per heavy atom. The van der Waals surface area contributed by atoms with Crippen molar-refractivity contribution in [3.8, 4) is 11.4 Å². The van der Waals surface area contributed by atoms with Gasteiger partial charge in [-0.25, -0.2) is 14.2 Å². The van der Waals surface area contributed by atoms with E-state index >= 15 is 0 Å². The first kappa shape index (κ1) is 20.7. The van der Waals surface area contributed by atoms with Crippen molar-refractivity contribution in [1.82, 2.24) is 23.7 Å². The fourth-order valence-corrected chi connectivity index (χ4v) is 3.62. The van der Waals surface area contributed by atoms with E-state index in [1.54, 1.807) is 17.7 Å². The monoisotopic (exact) mass is 423 g/mol. The number of nitrogens with zero attached hydrogens (tertiary/aromatic N) is 5. The Labute approximate surface area is 176 Å². The van der Waals surface area contributed by atoms with Gasteiger partial charge in [-0.3, -0.25) is 18.9 Å². The summed E-state index contributed by atoms with van der Waals surface area (Å²) in [5.74, 6) is 0.0590. The van der Waals surface area contributed by atoms with Crippen LogP contribution in [0.4, 0.5) is 4.39 Å². The minimum atomic E-state index is -0.494. The van der Waals surface area contributed by atoms with Crippen molar-refractivity contribution in [2.75, 3.05) is 6.61 Å². The summed E-state index contributed by atoms with van der Waals surface area (Å²) in [5, 5.41) is 9.16. The standard InChI is InChI=1S/C22H22FN5O3/c1-14-5-3-6-15(11-14)19-25-20-18(28(19)13-17-8-7-16(23)12-24-17)21(30)27(9-4-10-29)22(31)26(20)2/h3,5-8,11-12,29H,4,9-10,13H2,1-2H3. The molecule has 0 atom stereocenters. The Kier molecular flexibility index (Phi) is 5.51. The normalized spacial score (nSPS) is 11.4. The number of halogens is 1. The summed E-state index contributed by atoms with van der Waals surface area (Å²) in [7, 11) is 1.56. The zero-order valence-electron chi connectivity index (χ0n) is 17.2. The molecule has 160 valence electrons. The molecule has 31 heavy (non-hydrogen) atoms. The zero-order chi connectivity index (χ0) is 22.1. The molecule has 1 aromatic carbocycles. The summed E-state index contributed by atoms with van der Waals surface area (Å²) in [6.07, 6.45) is 1.40. The number of aryl methyl sites for hydroxylation is 2. The molecule has 3 heterocycles. The smallest absolute Gasteiger partial charge is 0.332 e. The predicted molar refractivity (Wildman–Crippen MR) is 114 cm³/mol. The van der Waals surface area contributed by atoms with Crippen molar-refractivity contribution in [2.24, 2.45) is 7.05 Å². The van der Waals surface area contributed by atoms with Gasteiger partial charge in [-0.05, 0) is 31.5 Å². The molecule has 0 unspecified atom stereocenters. The average molecular weight is 423 g/mol. The highest BCUT2D eigenvalue weighted by atomic mass is 19.1. The molecule has 0 aliphatic heterocycles. The van der Waals surface area contributed by atoms with E-state index in [1.165, 1.54) is 10.6 Å². The molecule has 0 amide bonds. The molecule has 0 saturated carbocycles. The largest absolute Gasteiger partial charge is 0.396 e. The lowest BCUT2D eigenvalue weighted by Gasteiger charge is -2.11. The number of aliphatic hydroxyl groups is 1. The van der Waals surface area contributed by atoms with Crippen LogP contribution in [0.1, 0.15) is 17.7 Å². The van der Waals surface area contributed by atoms with Gasteiger partial charge in [-0.15, -0.1) is 0 Å². The van der Waals surface area contributed by atoms with Crippen LogP contribution in [0.5, 0.6) is 0 Å². The first-order valence-electron chi connectivity index (χ1n) is 9.89. The zero-order valence-corrected chi connectivity index (χ0v) is 17.2. The molecule has 0 fully saturated rings. The fraction of sp³-hybridized carbons (Fsp3) is 0.273. The molecule has 1 N–H and O–H groups in total. The average Bonchev–Trinajstić information content (AvgIpc) is 3.13. The second kappa shape index (κ2) is 8.27. The fourth-order valence-electron chi connectivity index (χ4n) is 3.62. The lowest BCUT2D eigenvalue weighted by atomic mass is 10.1. The summed E-state index contributed by atoms with van der Waals surface area (Å²) < 4.78 is 17.5. The van der Waals surface area contributed by atoms with Gasteiger partial charge in [-0.2, -0.15) is 0 Å². The quantitative estimate of drug-likeness (QED) is 0.511. The second-order valence-electron chi connectivity index (χ2n) is 7.41. The van der Waals surface area contributed by atoms with Crippen LogP contribution in [0.25, 0.3) is 22.6 Å². The SMILES string of the molecule is Cc1cccc(-c2nc3c(c(=O)n(CCCO)c(=O)n3C)n2Cc2ccc(F)cn2)c1. The van der Waals surface area contributed by atoms with Crippen LogP contribution >= 0.6 is 0 Å². The summed E-state index contributed by atoms with van der Waals surface area (Å²) in [6, 6.07) is 10.5. The topological polar surface area (TPSA) is 94.9 Å². The number of rotatable bonds is 6. The number of pyridine rings is 1. The highest BCUT2D eigenvalue weighted by Gasteiger charge is 2.21.